The summed E-state index contributed by atoms with van der Waals surface area (Å²) in [6.07, 6.45) is 9.45. The molecule has 0 spiro atoms. The van der Waals surface area contributed by atoms with Crippen molar-refractivity contribution in [1.82, 2.24) is 0 Å². The van der Waals surface area contributed by atoms with Gasteiger partial charge in [-0.2, -0.15) is 0 Å². The van der Waals surface area contributed by atoms with E-state index in [4.69, 9.17) is 18.9 Å². The van der Waals surface area contributed by atoms with E-state index in [9.17, 15) is 0 Å². The Morgan fingerprint density at radius 2 is 0.635 bits per heavy atom. The molecule has 0 amide bonds. The van der Waals surface area contributed by atoms with E-state index >= 15 is 0 Å². The van der Waals surface area contributed by atoms with Crippen LogP contribution in [0.5, 0.6) is 0 Å². The van der Waals surface area contributed by atoms with Crippen LogP contribution in [0.2, 0.25) is 33.2 Å². The lowest BCUT2D eigenvalue weighted by molar-refractivity contribution is -0.147. The van der Waals surface area contributed by atoms with Crippen molar-refractivity contribution in [3.63, 3.8) is 0 Å². The van der Waals surface area contributed by atoms with Gasteiger partial charge in [0.2, 0.25) is 0 Å². The molecule has 0 unspecified atom stereocenters. The molecule has 2 fully saturated rings. The summed E-state index contributed by atoms with van der Waals surface area (Å²) in [5, 5.41) is 0. The summed E-state index contributed by atoms with van der Waals surface area (Å²) < 4.78 is 27.2. The van der Waals surface area contributed by atoms with Gasteiger partial charge < -0.3 is 18.9 Å². The van der Waals surface area contributed by atoms with E-state index in [2.05, 4.69) is 158 Å². The molecule has 6 heteroatoms. The van der Waals surface area contributed by atoms with E-state index < -0.39 is 27.7 Å². The SMILES string of the molecule is CC(C)[Si](C#Cc1c2c(c(C#C[Si](C(C)C)(C(C)C)C(C)C)c3c1[C@H]1C=C[C@@H]3[C@@H]3OC(C)(C)O[C@@H]31)[C@@H]1C=C[C@H]2[C@H]2OC(C)(C)O[C@H]21)(C(C)C)C(C)C. The third-order valence-electron chi connectivity index (χ3n) is 14.3. The predicted molar refractivity (Wildman–Crippen MR) is 219 cm³/mol. The first kappa shape index (κ1) is 38.4. The highest BCUT2D eigenvalue weighted by atomic mass is 28.3. The molecule has 282 valence electrons. The molecule has 9 rings (SSSR count). The molecule has 4 bridgehead atoms. The zero-order valence-corrected chi connectivity index (χ0v) is 37.0. The van der Waals surface area contributed by atoms with Gasteiger partial charge in [-0.25, -0.2) is 0 Å². The summed E-state index contributed by atoms with van der Waals surface area (Å²) in [7, 11) is -4.13. The second-order valence-electron chi connectivity index (χ2n) is 19.7. The van der Waals surface area contributed by atoms with Crippen molar-refractivity contribution in [2.45, 2.75) is 204 Å². The molecular weight excluding hydrogens is 673 g/mol. The molecule has 4 nitrogen and oxygen atoms in total. The Hall–Kier alpha value is -1.91. The van der Waals surface area contributed by atoms with Gasteiger partial charge in [0.05, 0.1) is 24.4 Å². The van der Waals surface area contributed by atoms with Crippen LogP contribution in [0.4, 0.5) is 0 Å². The van der Waals surface area contributed by atoms with E-state index in [-0.39, 0.29) is 48.1 Å². The van der Waals surface area contributed by atoms with Crippen LogP contribution in [0.3, 0.4) is 0 Å². The van der Waals surface area contributed by atoms with Gasteiger partial charge in [-0.15, -0.1) is 11.1 Å². The van der Waals surface area contributed by atoms with Gasteiger partial charge in [-0.3, -0.25) is 0 Å². The highest BCUT2D eigenvalue weighted by molar-refractivity contribution is 6.91. The van der Waals surface area contributed by atoms with Crippen LogP contribution in [-0.4, -0.2) is 52.1 Å². The normalized spacial score (nSPS) is 31.7. The summed E-state index contributed by atoms with van der Waals surface area (Å²) in [6.45, 7) is 37.3. The molecule has 0 saturated carbocycles. The van der Waals surface area contributed by atoms with E-state index in [1.165, 1.54) is 33.4 Å². The molecule has 0 aromatic heterocycles. The van der Waals surface area contributed by atoms with Gasteiger partial charge in [0.25, 0.3) is 0 Å². The minimum Gasteiger partial charge on any atom is -0.344 e. The van der Waals surface area contributed by atoms with Gasteiger partial charge in [0.1, 0.15) is 16.1 Å². The number of ether oxygens (including phenoxy) is 4. The largest absolute Gasteiger partial charge is 0.344 e. The molecule has 8 atom stereocenters. The average Bonchev–Trinajstić information content (AvgIpc) is 3.56. The summed E-state index contributed by atoms with van der Waals surface area (Å²) in [4.78, 5) is 0. The summed E-state index contributed by atoms with van der Waals surface area (Å²) >= 11 is 0. The molecule has 2 saturated heterocycles. The Bertz CT molecular complexity index is 1560. The Morgan fingerprint density at radius 1 is 0.423 bits per heavy atom. The lowest BCUT2D eigenvalue weighted by Gasteiger charge is -2.48. The van der Waals surface area contributed by atoms with Crippen LogP contribution >= 0.6 is 0 Å². The van der Waals surface area contributed by atoms with Gasteiger partial charge >= 0.3 is 0 Å². The minimum absolute atomic E-state index is 0.0508. The molecule has 1 aromatic rings. The quantitative estimate of drug-likeness (QED) is 0.165. The highest BCUT2D eigenvalue weighted by Crippen LogP contribution is 2.61. The van der Waals surface area contributed by atoms with Crippen molar-refractivity contribution in [1.29, 1.82) is 0 Å². The van der Waals surface area contributed by atoms with Crippen molar-refractivity contribution in [3.8, 4) is 22.9 Å². The maximum atomic E-state index is 6.81. The van der Waals surface area contributed by atoms with Crippen LogP contribution in [0.25, 0.3) is 0 Å². The van der Waals surface area contributed by atoms with Crippen molar-refractivity contribution in [2.24, 2.45) is 0 Å². The lowest BCUT2D eigenvalue weighted by atomic mass is 9.58. The molecule has 1 aromatic carbocycles. The standard InChI is InChI=1S/C46H66O4Si2/c1-25(2)51(26(3)4,27(5)6)23-21-31-37-33-17-19-35(43-41(33)47-45(13,14)49-43)39(37)32(22-24-52(28(7)8,29(9)10)30(11)12)40-36-20-18-34(38(31)40)42-44(36)50-46(15,16)48-42/h17-20,25-30,33-36,41-44H,1-16H3/t33-,34-,35+,36+,41-,42-,43+,44+. The molecule has 8 aliphatic rings. The second kappa shape index (κ2) is 12.8. The fraction of sp³-hybridized carbons (Fsp3) is 0.696. The maximum Gasteiger partial charge on any atom is 0.163 e. The van der Waals surface area contributed by atoms with Crippen molar-refractivity contribution < 1.29 is 18.9 Å². The van der Waals surface area contributed by atoms with Crippen LogP contribution in [0, 0.1) is 22.9 Å². The summed E-state index contributed by atoms with van der Waals surface area (Å²) in [5.74, 6) is 7.16. The van der Waals surface area contributed by atoms with Crippen LogP contribution < -0.4 is 0 Å². The number of hydrogen-bond donors (Lipinski definition) is 0. The Kier molecular flexibility index (Phi) is 9.46. The molecule has 6 aliphatic carbocycles. The van der Waals surface area contributed by atoms with Crippen LogP contribution in [0.15, 0.2) is 24.3 Å². The average molecular weight is 739 g/mol. The third-order valence-corrected chi connectivity index (χ3v) is 26.9. The lowest BCUT2D eigenvalue weighted by Crippen LogP contribution is -2.46. The van der Waals surface area contributed by atoms with Crippen molar-refractivity contribution in [3.05, 3.63) is 57.7 Å². The Balaban J connectivity index is 1.61. The zero-order valence-electron chi connectivity index (χ0n) is 35.0. The topological polar surface area (TPSA) is 36.9 Å². The number of rotatable bonds is 6. The molecule has 0 radical (unpaired) electrons. The third kappa shape index (κ3) is 5.43. The predicted octanol–water partition coefficient (Wildman–Crippen LogP) is 11.4. The molecule has 2 heterocycles. The smallest absolute Gasteiger partial charge is 0.163 e. The fourth-order valence-electron chi connectivity index (χ4n) is 12.4. The summed E-state index contributed by atoms with van der Waals surface area (Å²) in [5.41, 5.74) is 19.5. The van der Waals surface area contributed by atoms with Gasteiger partial charge in [0.15, 0.2) is 11.6 Å². The van der Waals surface area contributed by atoms with Gasteiger partial charge in [-0.1, -0.05) is 119 Å². The van der Waals surface area contributed by atoms with Gasteiger partial charge in [0, 0.05) is 34.8 Å². The second-order valence-corrected chi connectivity index (χ2v) is 30.9. The van der Waals surface area contributed by atoms with E-state index in [0.717, 1.165) is 0 Å². The molecule has 0 N–H and O–H groups in total. The summed E-state index contributed by atoms with van der Waals surface area (Å²) in [6, 6.07) is 0. The van der Waals surface area contributed by atoms with Crippen molar-refractivity contribution in [2.75, 3.05) is 0 Å². The van der Waals surface area contributed by atoms with Gasteiger partial charge in [-0.05, 0) is 83.2 Å². The van der Waals surface area contributed by atoms with E-state index in [1.807, 2.05) is 0 Å². The first-order chi connectivity index (χ1) is 24.2. The maximum absolute atomic E-state index is 6.81. The van der Waals surface area contributed by atoms with E-state index in [0.29, 0.717) is 33.2 Å². The Morgan fingerprint density at radius 3 is 0.827 bits per heavy atom. The fourth-order valence-corrected chi connectivity index (χ4v) is 22.8. The number of hydrogen-bond acceptors (Lipinski definition) is 4. The minimum atomic E-state index is -2.06. The monoisotopic (exact) mass is 738 g/mol. The Labute approximate surface area is 318 Å². The van der Waals surface area contributed by atoms with E-state index in [1.54, 1.807) is 0 Å². The van der Waals surface area contributed by atoms with Crippen LogP contribution in [0.1, 0.15) is 168 Å². The molecule has 52 heavy (non-hydrogen) atoms. The highest BCUT2D eigenvalue weighted by Gasteiger charge is 2.60. The van der Waals surface area contributed by atoms with Crippen molar-refractivity contribution >= 4 is 16.1 Å². The molecule has 2 aliphatic heterocycles. The zero-order chi connectivity index (χ0) is 38.0. The first-order valence-electron chi connectivity index (χ1n) is 20.6. The number of benzene rings is 1. The van der Waals surface area contributed by atoms with Crippen LogP contribution in [-0.2, 0) is 18.9 Å². The molecular formula is C46H66O4Si2. The first-order valence-corrected chi connectivity index (χ1v) is 25.0.